The molecule has 32 heavy (non-hydrogen) atoms. The van der Waals surface area contributed by atoms with Crippen molar-refractivity contribution in [1.82, 2.24) is 0 Å². The third kappa shape index (κ3) is 19.6. The summed E-state index contributed by atoms with van der Waals surface area (Å²) in [5.74, 6) is -7.14. The number of hydrogen-bond acceptors (Lipinski definition) is 8. The molecule has 0 aromatic carbocycles. The molecule has 2 heterocycles. The molecule has 0 atom stereocenters. The molecule has 0 amide bonds. The smallest absolute Gasteiger partial charge is 0.371 e. The Labute approximate surface area is 177 Å². The molecule has 14 nitrogen and oxygen atoms in total. The molecule has 2 aromatic heterocycles. The topological polar surface area (TPSA) is 250 Å². The first kappa shape index (κ1) is 29.1. The molecular formula is C18H16O14. The maximum atomic E-state index is 9.97. The Bertz CT molecular complexity index is 822. The number of carbonyl (C=O) groups is 6. The highest BCUT2D eigenvalue weighted by Gasteiger charge is 2.02. The van der Waals surface area contributed by atoms with Crippen LogP contribution in [0.25, 0.3) is 0 Å². The second kappa shape index (κ2) is 16.8. The summed E-state index contributed by atoms with van der Waals surface area (Å²) in [4.78, 5) is 58.2. The first-order chi connectivity index (χ1) is 14.9. The number of aliphatic carboxylic acids is 4. The molecule has 0 fully saturated rings. The summed E-state index contributed by atoms with van der Waals surface area (Å²) in [6, 6.07) is 5.84. The van der Waals surface area contributed by atoms with Crippen molar-refractivity contribution in [1.29, 1.82) is 0 Å². The first-order valence-corrected chi connectivity index (χ1v) is 7.68. The van der Waals surface area contributed by atoms with Crippen LogP contribution in [-0.2, 0) is 19.2 Å². The lowest BCUT2D eigenvalue weighted by Gasteiger charge is -1.79. The fraction of sp³-hybridized carbons (Fsp3) is 0. The number of carboxylic acids is 6. The second-order valence-electron chi connectivity index (χ2n) is 4.58. The standard InChI is InChI=1S/2C5H4O3.2C4H4O4/c2*6-5(7)4-2-1-3-8-4;2*5-3(6)1-2-4(7)8/h2*1-3H,(H,6,7);2*1-2H,(H,5,6)(H,7,8)/b;;2*2-1-. The van der Waals surface area contributed by atoms with Crippen LogP contribution in [0.5, 0.6) is 0 Å². The Kier molecular flexibility index (Phi) is 15.2. The van der Waals surface area contributed by atoms with Crippen molar-refractivity contribution in [3.05, 3.63) is 72.6 Å². The minimum absolute atomic E-state index is 0.0231. The number of carboxylic acid groups (broad SMARTS) is 6. The molecule has 172 valence electrons. The lowest BCUT2D eigenvalue weighted by atomic mass is 10.5. The van der Waals surface area contributed by atoms with Gasteiger partial charge in [-0.05, 0) is 24.3 Å². The molecule has 0 aliphatic rings. The Morgan fingerprint density at radius 1 is 0.531 bits per heavy atom. The molecule has 0 saturated heterocycles. The van der Waals surface area contributed by atoms with E-state index in [-0.39, 0.29) is 11.5 Å². The molecular weight excluding hydrogens is 440 g/mol. The van der Waals surface area contributed by atoms with Crippen molar-refractivity contribution in [3.63, 3.8) is 0 Å². The highest BCUT2D eigenvalue weighted by atomic mass is 16.4. The van der Waals surface area contributed by atoms with Gasteiger partial charge in [-0.1, -0.05) is 0 Å². The van der Waals surface area contributed by atoms with E-state index in [9.17, 15) is 28.8 Å². The lowest BCUT2D eigenvalue weighted by Crippen LogP contribution is -1.91. The van der Waals surface area contributed by atoms with Crippen molar-refractivity contribution < 1.29 is 68.2 Å². The van der Waals surface area contributed by atoms with Crippen LogP contribution in [0.15, 0.2) is 69.9 Å². The van der Waals surface area contributed by atoms with Crippen LogP contribution in [-0.4, -0.2) is 66.5 Å². The molecule has 0 unspecified atom stereocenters. The second-order valence-corrected chi connectivity index (χ2v) is 4.58. The predicted octanol–water partition coefficient (Wildman–Crippen LogP) is 1.38. The summed E-state index contributed by atoms with van der Waals surface area (Å²) in [5, 5.41) is 47.6. The van der Waals surface area contributed by atoms with Crippen molar-refractivity contribution >= 4 is 35.8 Å². The van der Waals surface area contributed by atoms with Gasteiger partial charge in [0, 0.05) is 24.3 Å². The zero-order chi connectivity index (χ0) is 25.1. The van der Waals surface area contributed by atoms with Gasteiger partial charge in [-0.3, -0.25) is 0 Å². The molecule has 0 radical (unpaired) electrons. The van der Waals surface area contributed by atoms with E-state index in [1.165, 1.54) is 36.8 Å². The van der Waals surface area contributed by atoms with Crippen molar-refractivity contribution in [3.8, 4) is 0 Å². The number of aromatic carboxylic acids is 2. The van der Waals surface area contributed by atoms with Crippen molar-refractivity contribution in [2.45, 2.75) is 0 Å². The molecule has 2 aromatic rings. The van der Waals surface area contributed by atoms with Gasteiger partial charge in [0.05, 0.1) is 12.5 Å². The summed E-state index contributed by atoms with van der Waals surface area (Å²) >= 11 is 0. The summed E-state index contributed by atoms with van der Waals surface area (Å²) in [5.41, 5.74) is 0. The highest BCUT2D eigenvalue weighted by molar-refractivity contribution is 5.90. The zero-order valence-corrected chi connectivity index (χ0v) is 15.7. The van der Waals surface area contributed by atoms with E-state index in [0.29, 0.717) is 24.3 Å². The van der Waals surface area contributed by atoms with Crippen molar-refractivity contribution in [2.24, 2.45) is 0 Å². The van der Waals surface area contributed by atoms with Gasteiger partial charge >= 0.3 is 35.8 Å². The Balaban J connectivity index is 0. The first-order valence-electron chi connectivity index (χ1n) is 7.68. The summed E-state index contributed by atoms with van der Waals surface area (Å²) in [6.45, 7) is 0. The third-order valence-electron chi connectivity index (χ3n) is 2.20. The van der Waals surface area contributed by atoms with E-state index in [1.807, 2.05) is 0 Å². The van der Waals surface area contributed by atoms with E-state index >= 15 is 0 Å². The van der Waals surface area contributed by atoms with E-state index < -0.39 is 35.8 Å². The van der Waals surface area contributed by atoms with Gasteiger partial charge in [-0.25, -0.2) is 28.8 Å². The average molecular weight is 456 g/mol. The Hall–Kier alpha value is -5.14. The highest BCUT2D eigenvalue weighted by Crippen LogP contribution is 1.98. The van der Waals surface area contributed by atoms with Gasteiger partial charge in [-0.15, -0.1) is 0 Å². The van der Waals surface area contributed by atoms with Gasteiger partial charge in [0.1, 0.15) is 0 Å². The van der Waals surface area contributed by atoms with E-state index in [0.717, 1.165) is 0 Å². The van der Waals surface area contributed by atoms with Crippen LogP contribution in [0.2, 0.25) is 0 Å². The Morgan fingerprint density at radius 2 is 0.781 bits per heavy atom. The molecule has 0 spiro atoms. The van der Waals surface area contributed by atoms with E-state index in [2.05, 4.69) is 8.83 Å². The number of hydrogen-bond donors (Lipinski definition) is 6. The van der Waals surface area contributed by atoms with Gasteiger partial charge in [-0.2, -0.15) is 0 Å². The SMILES string of the molecule is O=C(O)/C=C\C(=O)O.O=C(O)/C=C\C(=O)O.O=C(O)c1ccco1.O=C(O)c1ccco1. The maximum Gasteiger partial charge on any atom is 0.371 e. The van der Waals surface area contributed by atoms with Gasteiger partial charge in [0.25, 0.3) is 0 Å². The van der Waals surface area contributed by atoms with Crippen LogP contribution in [0, 0.1) is 0 Å². The zero-order valence-electron chi connectivity index (χ0n) is 15.7. The molecule has 0 aliphatic carbocycles. The summed E-state index contributed by atoms with van der Waals surface area (Å²) < 4.78 is 8.99. The molecule has 14 heteroatoms. The molecule has 0 saturated carbocycles. The predicted molar refractivity (Wildman–Crippen MR) is 100 cm³/mol. The molecule has 6 N–H and O–H groups in total. The normalized spacial score (nSPS) is 9.25. The monoisotopic (exact) mass is 456 g/mol. The van der Waals surface area contributed by atoms with Crippen LogP contribution < -0.4 is 0 Å². The van der Waals surface area contributed by atoms with Gasteiger partial charge in [0.15, 0.2) is 0 Å². The molecule has 0 aliphatic heterocycles. The lowest BCUT2D eigenvalue weighted by molar-refractivity contribution is -0.134. The molecule has 2 rings (SSSR count). The van der Waals surface area contributed by atoms with Crippen molar-refractivity contribution in [2.75, 3.05) is 0 Å². The third-order valence-corrected chi connectivity index (χ3v) is 2.20. The summed E-state index contributed by atoms with van der Waals surface area (Å²) in [6.07, 6.45) is 4.88. The van der Waals surface area contributed by atoms with E-state index in [1.54, 1.807) is 0 Å². The number of rotatable bonds is 6. The Morgan fingerprint density at radius 3 is 0.875 bits per heavy atom. The maximum absolute atomic E-state index is 9.97. The van der Waals surface area contributed by atoms with Crippen LogP contribution in [0.4, 0.5) is 0 Å². The van der Waals surface area contributed by atoms with Crippen LogP contribution in [0.3, 0.4) is 0 Å². The fourth-order valence-electron chi connectivity index (χ4n) is 1.09. The number of furan rings is 2. The van der Waals surface area contributed by atoms with Gasteiger partial charge in [0.2, 0.25) is 11.5 Å². The quantitative estimate of drug-likeness (QED) is 0.336. The van der Waals surface area contributed by atoms with Crippen LogP contribution >= 0.6 is 0 Å². The minimum Gasteiger partial charge on any atom is -0.478 e. The fourth-order valence-corrected chi connectivity index (χ4v) is 1.09. The summed E-state index contributed by atoms with van der Waals surface area (Å²) in [7, 11) is 0. The largest absolute Gasteiger partial charge is 0.478 e. The van der Waals surface area contributed by atoms with Gasteiger partial charge < -0.3 is 39.5 Å². The van der Waals surface area contributed by atoms with Crippen LogP contribution in [0.1, 0.15) is 21.1 Å². The van der Waals surface area contributed by atoms with E-state index in [4.69, 9.17) is 30.6 Å². The average Bonchev–Trinajstić information content (AvgIpc) is 3.40. The molecule has 0 bridgehead atoms. The minimum atomic E-state index is -1.26.